The summed E-state index contributed by atoms with van der Waals surface area (Å²) < 4.78 is 5.16. The molecule has 0 aromatic heterocycles. The third-order valence-electron chi connectivity index (χ3n) is 1.75. The Bertz CT molecular complexity index is 107. The molecule has 0 unspecified atom stereocenters. The fourth-order valence-electron chi connectivity index (χ4n) is 1.13. The predicted molar refractivity (Wildman–Crippen MR) is 44.0 cm³/mol. The average Bonchev–Trinajstić information content (AvgIpc) is 2.06. The van der Waals surface area contributed by atoms with Crippen LogP contribution >= 0.6 is 11.6 Å². The fraction of sp³-hybridized carbons (Fsp3) is 1.00. The highest BCUT2D eigenvalue weighted by Gasteiger charge is 2.13. The van der Waals surface area contributed by atoms with Crippen molar-refractivity contribution in [2.24, 2.45) is 0 Å². The molecule has 0 spiro atoms. The Hall–Kier alpha value is 0.170. The van der Waals surface area contributed by atoms with Gasteiger partial charge in [0.1, 0.15) is 0 Å². The van der Waals surface area contributed by atoms with Gasteiger partial charge in [-0.3, -0.25) is 4.90 Å². The second-order valence-electron chi connectivity index (χ2n) is 2.72. The molecule has 0 aromatic rings. The number of nitrogens with zero attached hydrogens (tertiary/aromatic N) is 1. The minimum Gasteiger partial charge on any atom is -0.391 e. The first-order valence-corrected chi connectivity index (χ1v) is 4.40. The van der Waals surface area contributed by atoms with Crippen LogP contribution in [0.25, 0.3) is 0 Å². The molecule has 0 radical (unpaired) electrons. The number of rotatable bonds is 3. The van der Waals surface area contributed by atoms with E-state index in [9.17, 15) is 5.11 Å². The highest BCUT2D eigenvalue weighted by molar-refractivity contribution is 6.18. The summed E-state index contributed by atoms with van der Waals surface area (Å²) in [4.78, 5) is 2.16. The molecule has 1 rings (SSSR count). The molecule has 0 amide bonds. The fourth-order valence-corrected chi connectivity index (χ4v) is 1.23. The van der Waals surface area contributed by atoms with Crippen LogP contribution in [0.1, 0.15) is 0 Å². The summed E-state index contributed by atoms with van der Waals surface area (Å²) in [6.07, 6.45) is -0.394. The van der Waals surface area contributed by atoms with Gasteiger partial charge < -0.3 is 9.84 Å². The minimum atomic E-state index is -0.394. The third-order valence-corrected chi connectivity index (χ3v) is 2.11. The third kappa shape index (κ3) is 3.38. The van der Waals surface area contributed by atoms with Crippen molar-refractivity contribution >= 4 is 11.6 Å². The Morgan fingerprint density at radius 3 is 2.64 bits per heavy atom. The maximum absolute atomic E-state index is 9.20. The van der Waals surface area contributed by atoms with Crippen LogP contribution in [-0.4, -0.2) is 54.8 Å². The number of β-amino-alcohol motifs (C(OH)–C–C–N with tert-alkyl or cyclic N) is 1. The van der Waals surface area contributed by atoms with E-state index in [2.05, 4.69) is 4.90 Å². The Morgan fingerprint density at radius 1 is 1.45 bits per heavy atom. The first kappa shape index (κ1) is 9.26. The Balaban J connectivity index is 2.13. The molecule has 1 N–H and O–H groups in total. The normalized spacial score (nSPS) is 23.5. The monoisotopic (exact) mass is 179 g/mol. The van der Waals surface area contributed by atoms with Gasteiger partial charge in [0.05, 0.1) is 19.3 Å². The number of ether oxygens (including phenoxy) is 1. The number of alkyl halides is 1. The molecular formula is C7H14ClNO2. The van der Waals surface area contributed by atoms with Crippen molar-refractivity contribution in [3.63, 3.8) is 0 Å². The van der Waals surface area contributed by atoms with Crippen LogP contribution in [0.5, 0.6) is 0 Å². The molecule has 4 heteroatoms. The maximum Gasteiger partial charge on any atom is 0.0802 e. The molecule has 0 bridgehead atoms. The SMILES string of the molecule is O[C@@H](CCl)CN1CCOCC1. The van der Waals surface area contributed by atoms with Crippen molar-refractivity contribution < 1.29 is 9.84 Å². The van der Waals surface area contributed by atoms with Crippen molar-refractivity contribution in [1.29, 1.82) is 0 Å². The zero-order valence-electron chi connectivity index (χ0n) is 6.50. The van der Waals surface area contributed by atoms with Gasteiger partial charge in [0, 0.05) is 25.5 Å². The van der Waals surface area contributed by atoms with Crippen LogP contribution in [-0.2, 0) is 4.74 Å². The minimum absolute atomic E-state index is 0.317. The maximum atomic E-state index is 9.20. The molecule has 11 heavy (non-hydrogen) atoms. The molecule has 0 aromatic carbocycles. The summed E-state index contributed by atoms with van der Waals surface area (Å²) in [5.74, 6) is 0.317. The van der Waals surface area contributed by atoms with Crippen molar-refractivity contribution in [2.45, 2.75) is 6.10 Å². The second kappa shape index (κ2) is 4.93. The first-order chi connectivity index (χ1) is 5.33. The highest BCUT2D eigenvalue weighted by Crippen LogP contribution is 1.99. The van der Waals surface area contributed by atoms with Crippen LogP contribution in [0.3, 0.4) is 0 Å². The Kier molecular flexibility index (Phi) is 4.15. The van der Waals surface area contributed by atoms with E-state index < -0.39 is 6.10 Å². The van der Waals surface area contributed by atoms with Crippen molar-refractivity contribution in [1.82, 2.24) is 4.90 Å². The van der Waals surface area contributed by atoms with E-state index in [0.717, 1.165) is 26.3 Å². The lowest BCUT2D eigenvalue weighted by Gasteiger charge is -2.27. The van der Waals surface area contributed by atoms with Gasteiger partial charge in [-0.15, -0.1) is 11.6 Å². The summed E-state index contributed by atoms with van der Waals surface area (Å²) in [6.45, 7) is 4.04. The largest absolute Gasteiger partial charge is 0.391 e. The lowest BCUT2D eigenvalue weighted by atomic mass is 10.3. The van der Waals surface area contributed by atoms with Crippen LogP contribution in [0.15, 0.2) is 0 Å². The zero-order valence-corrected chi connectivity index (χ0v) is 7.26. The standard InChI is InChI=1S/C7H14ClNO2/c8-5-7(10)6-9-1-3-11-4-2-9/h7,10H,1-6H2/t7-/m0/s1. The summed E-state index contributed by atoms with van der Waals surface area (Å²) in [5, 5.41) is 9.20. The van der Waals surface area contributed by atoms with Gasteiger partial charge in [-0.1, -0.05) is 0 Å². The quantitative estimate of drug-likeness (QED) is 0.616. The highest BCUT2D eigenvalue weighted by atomic mass is 35.5. The summed E-state index contributed by atoms with van der Waals surface area (Å²) >= 11 is 5.46. The number of hydrogen-bond donors (Lipinski definition) is 1. The molecule has 1 aliphatic heterocycles. The molecule has 1 aliphatic rings. The number of aliphatic hydroxyl groups excluding tert-OH is 1. The first-order valence-electron chi connectivity index (χ1n) is 3.87. The van der Waals surface area contributed by atoms with Crippen molar-refractivity contribution in [3.05, 3.63) is 0 Å². The van der Waals surface area contributed by atoms with E-state index in [4.69, 9.17) is 16.3 Å². The van der Waals surface area contributed by atoms with E-state index in [1.165, 1.54) is 0 Å². The lowest BCUT2D eigenvalue weighted by Crippen LogP contribution is -2.41. The molecule has 1 heterocycles. The molecule has 1 fully saturated rings. The number of halogens is 1. The molecule has 1 saturated heterocycles. The molecule has 66 valence electrons. The van der Waals surface area contributed by atoms with Gasteiger partial charge in [0.15, 0.2) is 0 Å². The van der Waals surface area contributed by atoms with Crippen LogP contribution in [0.2, 0.25) is 0 Å². The topological polar surface area (TPSA) is 32.7 Å². The summed E-state index contributed by atoms with van der Waals surface area (Å²) in [5.41, 5.74) is 0. The van der Waals surface area contributed by atoms with Gasteiger partial charge in [0.2, 0.25) is 0 Å². The summed E-state index contributed by atoms with van der Waals surface area (Å²) in [6, 6.07) is 0. The van der Waals surface area contributed by atoms with Crippen LogP contribution in [0.4, 0.5) is 0 Å². The van der Waals surface area contributed by atoms with E-state index in [1.54, 1.807) is 0 Å². The molecule has 3 nitrogen and oxygen atoms in total. The van der Waals surface area contributed by atoms with Crippen LogP contribution < -0.4 is 0 Å². The molecule has 1 atom stereocenters. The number of morpholine rings is 1. The van der Waals surface area contributed by atoms with Gasteiger partial charge in [-0.25, -0.2) is 0 Å². The second-order valence-corrected chi connectivity index (χ2v) is 3.03. The van der Waals surface area contributed by atoms with E-state index in [0.29, 0.717) is 12.4 Å². The van der Waals surface area contributed by atoms with Crippen molar-refractivity contribution in [3.8, 4) is 0 Å². The smallest absolute Gasteiger partial charge is 0.0802 e. The van der Waals surface area contributed by atoms with E-state index in [-0.39, 0.29) is 0 Å². The number of hydrogen-bond acceptors (Lipinski definition) is 3. The predicted octanol–water partition coefficient (Wildman–Crippen LogP) is -0.0817. The zero-order chi connectivity index (χ0) is 8.10. The van der Waals surface area contributed by atoms with Gasteiger partial charge in [-0.2, -0.15) is 0 Å². The van der Waals surface area contributed by atoms with E-state index >= 15 is 0 Å². The molecular weight excluding hydrogens is 166 g/mol. The van der Waals surface area contributed by atoms with E-state index in [1.807, 2.05) is 0 Å². The van der Waals surface area contributed by atoms with Crippen LogP contribution in [0, 0.1) is 0 Å². The average molecular weight is 180 g/mol. The van der Waals surface area contributed by atoms with Crippen molar-refractivity contribution in [2.75, 3.05) is 38.7 Å². The van der Waals surface area contributed by atoms with Gasteiger partial charge in [-0.05, 0) is 0 Å². The van der Waals surface area contributed by atoms with Gasteiger partial charge in [0.25, 0.3) is 0 Å². The lowest BCUT2D eigenvalue weighted by molar-refractivity contribution is 0.0186. The molecule has 0 aliphatic carbocycles. The Labute approximate surface area is 71.9 Å². The summed E-state index contributed by atoms with van der Waals surface area (Å²) in [7, 11) is 0. The molecule has 0 saturated carbocycles. The Morgan fingerprint density at radius 2 is 2.09 bits per heavy atom. The number of aliphatic hydroxyl groups is 1. The van der Waals surface area contributed by atoms with Gasteiger partial charge >= 0.3 is 0 Å².